The number of amides is 1. The molecule has 44 heavy (non-hydrogen) atoms. The molecule has 0 saturated heterocycles. The Balaban J connectivity index is 1.66. The van der Waals surface area contributed by atoms with Gasteiger partial charge in [-0.1, -0.05) is 30.3 Å². The molecule has 0 aromatic heterocycles. The molecule has 9 heteroatoms. The third-order valence-corrected chi connectivity index (χ3v) is 8.88. The topological polar surface area (TPSA) is 78.9 Å². The highest BCUT2D eigenvalue weighted by Crippen LogP contribution is 2.30. The lowest BCUT2D eigenvalue weighted by atomic mass is 9.87. The van der Waals surface area contributed by atoms with Gasteiger partial charge in [0.2, 0.25) is 0 Å². The van der Waals surface area contributed by atoms with Crippen molar-refractivity contribution < 1.29 is 28.2 Å². The second-order valence-corrected chi connectivity index (χ2v) is 12.6. The van der Waals surface area contributed by atoms with Gasteiger partial charge < -0.3 is 15.2 Å². The van der Waals surface area contributed by atoms with Gasteiger partial charge in [0.1, 0.15) is 17.7 Å². The maximum absolute atomic E-state index is 14.1. The Labute approximate surface area is 263 Å². The molecule has 1 fully saturated rings. The fourth-order valence-corrected chi connectivity index (χ4v) is 6.42. The van der Waals surface area contributed by atoms with E-state index < -0.39 is 23.6 Å². The van der Waals surface area contributed by atoms with E-state index in [-0.39, 0.29) is 12.0 Å². The molecule has 0 spiro atoms. The normalized spacial score (nSPS) is 17.3. The molecule has 0 aliphatic heterocycles. The first-order chi connectivity index (χ1) is 21.2. The first kappa shape index (κ1) is 33.6. The van der Waals surface area contributed by atoms with Gasteiger partial charge in [0.15, 0.2) is 0 Å². The Bertz CT molecular complexity index is 1410. The molecule has 2 N–H and O–H groups in total. The number of thioether (sulfide) groups is 1. The highest BCUT2D eigenvalue weighted by atomic mass is 32.2. The number of nitrogens with zero attached hydrogens (tertiary/aromatic N) is 1. The number of ether oxygens (including phenoxy) is 1. The molecular weight excluding hydrogens is 582 g/mol. The Morgan fingerprint density at radius 2 is 1.66 bits per heavy atom. The summed E-state index contributed by atoms with van der Waals surface area (Å²) in [7, 11) is 1.31. The van der Waals surface area contributed by atoms with Crippen LogP contribution in [0.5, 0.6) is 0 Å². The zero-order valence-electron chi connectivity index (χ0n) is 25.7. The van der Waals surface area contributed by atoms with Crippen molar-refractivity contribution in [3.63, 3.8) is 0 Å². The highest BCUT2D eigenvalue weighted by Gasteiger charge is 2.25. The Hall–Kier alpha value is -3.27. The lowest BCUT2D eigenvalue weighted by Gasteiger charge is -2.31. The summed E-state index contributed by atoms with van der Waals surface area (Å²) in [4.78, 5) is 28.3. The zero-order chi connectivity index (χ0) is 31.6. The number of nitrogens with one attached hydrogen (secondary N) is 1. The predicted molar refractivity (Wildman–Crippen MR) is 171 cm³/mol. The Morgan fingerprint density at radius 1 is 0.977 bits per heavy atom. The number of halogens is 2. The number of rotatable bonds is 13. The third kappa shape index (κ3) is 9.36. The zero-order valence-corrected chi connectivity index (χ0v) is 26.5. The van der Waals surface area contributed by atoms with Crippen LogP contribution in [0.15, 0.2) is 60.7 Å². The number of methoxy groups -OCH3 is 1. The number of carbonyl (C=O) groups excluding carboxylic acids is 2. The molecule has 1 aliphatic carbocycles. The van der Waals surface area contributed by atoms with E-state index in [4.69, 9.17) is 4.74 Å². The first-order valence-electron chi connectivity index (χ1n) is 15.1. The lowest BCUT2D eigenvalue weighted by Crippen LogP contribution is -2.42. The van der Waals surface area contributed by atoms with Crippen molar-refractivity contribution in [2.24, 2.45) is 5.92 Å². The smallest absolute Gasteiger partial charge is 0.328 e. The summed E-state index contributed by atoms with van der Waals surface area (Å²) in [5.74, 6) is -1.02. The summed E-state index contributed by atoms with van der Waals surface area (Å²) < 4.78 is 33.1. The molecule has 0 radical (unpaired) electrons. The molecule has 1 aliphatic rings. The molecule has 6 nitrogen and oxygen atoms in total. The van der Waals surface area contributed by atoms with Crippen LogP contribution in [-0.4, -0.2) is 59.7 Å². The van der Waals surface area contributed by atoms with Crippen LogP contribution in [0.1, 0.15) is 59.2 Å². The van der Waals surface area contributed by atoms with E-state index >= 15 is 0 Å². The van der Waals surface area contributed by atoms with Crippen LogP contribution < -0.4 is 5.32 Å². The van der Waals surface area contributed by atoms with Gasteiger partial charge in [-0.05, 0) is 109 Å². The van der Waals surface area contributed by atoms with Crippen LogP contribution in [0.4, 0.5) is 8.78 Å². The van der Waals surface area contributed by atoms with Gasteiger partial charge in [-0.3, -0.25) is 9.69 Å². The minimum Gasteiger partial charge on any atom is -0.467 e. The Kier molecular flexibility index (Phi) is 12.3. The molecule has 3 aromatic carbocycles. The van der Waals surface area contributed by atoms with Crippen LogP contribution >= 0.6 is 11.8 Å². The van der Waals surface area contributed by atoms with E-state index in [1.54, 1.807) is 17.8 Å². The number of aliphatic hydroxyl groups excluding tert-OH is 1. The van der Waals surface area contributed by atoms with Gasteiger partial charge in [-0.25, -0.2) is 13.6 Å². The molecular formula is C35H42F2N2O4S. The van der Waals surface area contributed by atoms with Crippen molar-refractivity contribution in [2.45, 2.75) is 64.3 Å². The highest BCUT2D eigenvalue weighted by molar-refractivity contribution is 7.98. The number of hydrogen-bond acceptors (Lipinski definition) is 6. The van der Waals surface area contributed by atoms with Crippen molar-refractivity contribution in [1.82, 2.24) is 10.2 Å². The van der Waals surface area contributed by atoms with Gasteiger partial charge >= 0.3 is 5.97 Å². The molecule has 0 heterocycles. The molecule has 3 aromatic rings. The third-order valence-electron chi connectivity index (χ3n) is 8.23. The van der Waals surface area contributed by atoms with E-state index in [9.17, 15) is 23.5 Å². The van der Waals surface area contributed by atoms with Crippen LogP contribution in [-0.2, 0) is 22.6 Å². The number of benzene rings is 3. The maximum atomic E-state index is 14.1. The minimum absolute atomic E-state index is 0.271. The van der Waals surface area contributed by atoms with Crippen molar-refractivity contribution >= 4 is 23.6 Å². The van der Waals surface area contributed by atoms with Gasteiger partial charge in [0, 0.05) is 31.3 Å². The standard InChI is InChI=1S/C35H42F2N2O4S/c1-23-6-4-5-7-30(23)32-18-25(10-13-31(32)34(41)38-33(14-15-44-3)35(42)43-2)21-39(20-24-8-11-29(40)12-9-24)22-26-16-27(36)19-28(37)17-26/h4-7,10,13,16-19,24,29,33,40H,8-9,11-12,14-15,20-22H2,1-3H3,(H,38,41)/t24?,29?,33-/m0/s1. The van der Waals surface area contributed by atoms with Crippen molar-refractivity contribution in [3.8, 4) is 11.1 Å². The van der Waals surface area contributed by atoms with Crippen LogP contribution in [0.3, 0.4) is 0 Å². The summed E-state index contributed by atoms with van der Waals surface area (Å²) in [6.45, 7) is 3.55. The van der Waals surface area contributed by atoms with E-state index in [2.05, 4.69) is 10.2 Å². The van der Waals surface area contributed by atoms with Gasteiger partial charge in [-0.2, -0.15) is 11.8 Å². The summed E-state index contributed by atoms with van der Waals surface area (Å²) in [5, 5.41) is 12.9. The van der Waals surface area contributed by atoms with Crippen LogP contribution in [0.2, 0.25) is 0 Å². The number of esters is 1. The molecule has 1 saturated carbocycles. The van der Waals surface area contributed by atoms with Crippen molar-refractivity contribution in [3.05, 3.63) is 94.6 Å². The van der Waals surface area contributed by atoms with E-state index in [0.717, 1.165) is 54.0 Å². The molecule has 0 bridgehead atoms. The SMILES string of the molecule is COC(=O)[C@H](CCSC)NC(=O)c1ccc(CN(Cc2cc(F)cc(F)c2)CC2CCC(O)CC2)cc1-c1ccccc1C. The van der Waals surface area contributed by atoms with E-state index in [0.29, 0.717) is 48.9 Å². The fraction of sp³-hybridized carbons (Fsp3) is 0.429. The first-order valence-corrected chi connectivity index (χ1v) is 16.5. The molecule has 1 atom stereocenters. The summed E-state index contributed by atoms with van der Waals surface area (Å²) >= 11 is 1.59. The van der Waals surface area contributed by atoms with E-state index in [1.165, 1.54) is 19.2 Å². The summed E-state index contributed by atoms with van der Waals surface area (Å²) in [6.07, 6.45) is 5.39. The minimum atomic E-state index is -0.763. The second-order valence-electron chi connectivity index (χ2n) is 11.6. The van der Waals surface area contributed by atoms with Crippen molar-refractivity contribution in [1.29, 1.82) is 0 Å². The molecule has 4 rings (SSSR count). The number of hydrogen-bond donors (Lipinski definition) is 2. The summed E-state index contributed by atoms with van der Waals surface area (Å²) in [6, 6.07) is 16.3. The second kappa shape index (κ2) is 16.2. The average Bonchev–Trinajstić information content (AvgIpc) is 2.99. The molecule has 1 amide bonds. The maximum Gasteiger partial charge on any atom is 0.328 e. The average molecular weight is 625 g/mol. The van der Waals surface area contributed by atoms with Gasteiger partial charge in [0.05, 0.1) is 13.2 Å². The monoisotopic (exact) mass is 624 g/mol. The number of carbonyl (C=O) groups is 2. The largest absolute Gasteiger partial charge is 0.467 e. The summed E-state index contributed by atoms with van der Waals surface area (Å²) in [5.41, 5.74) is 4.58. The lowest BCUT2D eigenvalue weighted by molar-refractivity contribution is -0.142. The fourth-order valence-electron chi connectivity index (χ4n) is 5.94. The van der Waals surface area contributed by atoms with Crippen molar-refractivity contribution in [2.75, 3.05) is 25.7 Å². The van der Waals surface area contributed by atoms with Crippen LogP contribution in [0.25, 0.3) is 11.1 Å². The van der Waals surface area contributed by atoms with Crippen LogP contribution in [0, 0.1) is 24.5 Å². The number of aryl methyl sites for hydroxylation is 1. The van der Waals surface area contributed by atoms with E-state index in [1.807, 2.05) is 49.6 Å². The molecule has 236 valence electrons. The number of aliphatic hydroxyl groups is 1. The quantitative estimate of drug-likeness (QED) is 0.211. The van der Waals surface area contributed by atoms with Gasteiger partial charge in [0.25, 0.3) is 5.91 Å². The van der Waals surface area contributed by atoms with Gasteiger partial charge in [-0.15, -0.1) is 0 Å². The molecule has 0 unspecified atom stereocenters. The Morgan fingerprint density at radius 3 is 2.32 bits per heavy atom. The predicted octanol–water partition coefficient (Wildman–Crippen LogP) is 6.52.